The fourth-order valence-electron chi connectivity index (χ4n) is 2.67. The molecule has 17 heavy (non-hydrogen) atoms. The summed E-state index contributed by atoms with van der Waals surface area (Å²) in [4.78, 5) is 4.48. The maximum Gasteiger partial charge on any atom is 0.243 e. The Hall–Kier alpha value is -0.900. The van der Waals surface area contributed by atoms with Gasteiger partial charge in [0.15, 0.2) is 5.82 Å². The van der Waals surface area contributed by atoms with Gasteiger partial charge in [0.05, 0.1) is 6.04 Å². The lowest BCUT2D eigenvalue weighted by Gasteiger charge is -2.23. The molecule has 1 saturated carbocycles. The Labute approximate surface area is 103 Å². The first kappa shape index (κ1) is 12.6. The molecule has 3 atom stereocenters. The minimum Gasteiger partial charge on any atom is -0.338 e. The van der Waals surface area contributed by atoms with Crippen LogP contribution in [0, 0.1) is 5.92 Å². The lowest BCUT2D eigenvalue weighted by atomic mass is 9.82. The Morgan fingerprint density at radius 3 is 3.00 bits per heavy atom. The lowest BCUT2D eigenvalue weighted by molar-refractivity contribution is 0.314. The van der Waals surface area contributed by atoms with Crippen molar-refractivity contribution in [2.24, 2.45) is 11.7 Å². The summed E-state index contributed by atoms with van der Waals surface area (Å²) in [5.41, 5.74) is 5.98. The predicted octanol–water partition coefficient (Wildman–Crippen LogP) is 3.16. The summed E-state index contributed by atoms with van der Waals surface area (Å²) in [5, 5.41) is 4.11. The highest BCUT2D eigenvalue weighted by atomic mass is 16.5. The van der Waals surface area contributed by atoms with Crippen molar-refractivity contribution in [3.8, 4) is 0 Å². The molecule has 2 N–H and O–H groups in total. The average Bonchev–Trinajstić information content (AvgIpc) is 2.78. The molecule has 1 aromatic heterocycles. The van der Waals surface area contributed by atoms with Crippen molar-refractivity contribution in [1.29, 1.82) is 0 Å². The van der Waals surface area contributed by atoms with Crippen LogP contribution in [0.2, 0.25) is 0 Å². The smallest absolute Gasteiger partial charge is 0.243 e. The molecule has 0 saturated heterocycles. The van der Waals surface area contributed by atoms with E-state index in [0.717, 1.165) is 24.6 Å². The minimum absolute atomic E-state index is 0.0951. The van der Waals surface area contributed by atoms with Gasteiger partial charge in [0.25, 0.3) is 0 Å². The van der Waals surface area contributed by atoms with Crippen LogP contribution in [0.4, 0.5) is 0 Å². The van der Waals surface area contributed by atoms with E-state index in [0.29, 0.717) is 11.8 Å². The SMILES string of the molecule is CCC[C@@H](N)c1nc(C2CCCC(C)C2)no1. The van der Waals surface area contributed by atoms with Crippen molar-refractivity contribution in [3.05, 3.63) is 11.7 Å². The van der Waals surface area contributed by atoms with Gasteiger partial charge < -0.3 is 10.3 Å². The molecule has 1 heterocycles. The molecule has 4 heteroatoms. The summed E-state index contributed by atoms with van der Waals surface area (Å²) >= 11 is 0. The Balaban J connectivity index is 2.02. The lowest BCUT2D eigenvalue weighted by Crippen LogP contribution is -2.14. The zero-order valence-electron chi connectivity index (χ0n) is 10.9. The summed E-state index contributed by atoms with van der Waals surface area (Å²) in [6.07, 6.45) is 6.92. The molecule has 1 fully saturated rings. The molecule has 0 spiro atoms. The van der Waals surface area contributed by atoms with Gasteiger partial charge in [-0.1, -0.05) is 38.3 Å². The molecule has 1 aliphatic rings. The van der Waals surface area contributed by atoms with Gasteiger partial charge in [0.2, 0.25) is 5.89 Å². The molecular weight excluding hydrogens is 214 g/mol. The molecule has 2 unspecified atom stereocenters. The third kappa shape index (κ3) is 3.06. The molecular formula is C13H23N3O. The van der Waals surface area contributed by atoms with E-state index in [-0.39, 0.29) is 6.04 Å². The van der Waals surface area contributed by atoms with Crippen LogP contribution in [0.1, 0.15) is 76.0 Å². The van der Waals surface area contributed by atoms with Crippen LogP contribution in [-0.4, -0.2) is 10.1 Å². The summed E-state index contributed by atoms with van der Waals surface area (Å²) < 4.78 is 5.28. The molecule has 2 rings (SSSR count). The molecule has 0 bridgehead atoms. The number of nitrogens with zero attached hydrogens (tertiary/aromatic N) is 2. The van der Waals surface area contributed by atoms with Gasteiger partial charge in [-0.3, -0.25) is 0 Å². The second-order valence-electron chi connectivity index (χ2n) is 5.35. The fourth-order valence-corrected chi connectivity index (χ4v) is 2.67. The highest BCUT2D eigenvalue weighted by Crippen LogP contribution is 2.34. The van der Waals surface area contributed by atoms with Crippen LogP contribution in [0.3, 0.4) is 0 Å². The third-order valence-electron chi connectivity index (χ3n) is 3.68. The zero-order valence-corrected chi connectivity index (χ0v) is 10.9. The van der Waals surface area contributed by atoms with E-state index in [1.165, 1.54) is 25.7 Å². The van der Waals surface area contributed by atoms with Crippen LogP contribution >= 0.6 is 0 Å². The van der Waals surface area contributed by atoms with Crippen molar-refractivity contribution >= 4 is 0 Å². The van der Waals surface area contributed by atoms with Gasteiger partial charge in [-0.25, -0.2) is 0 Å². The molecule has 0 radical (unpaired) electrons. The summed E-state index contributed by atoms with van der Waals surface area (Å²) in [7, 11) is 0. The first-order valence-electron chi connectivity index (χ1n) is 6.79. The number of hydrogen-bond acceptors (Lipinski definition) is 4. The number of rotatable bonds is 4. The van der Waals surface area contributed by atoms with Crippen molar-refractivity contribution in [2.45, 2.75) is 64.3 Å². The third-order valence-corrected chi connectivity index (χ3v) is 3.68. The average molecular weight is 237 g/mol. The van der Waals surface area contributed by atoms with E-state index < -0.39 is 0 Å². The molecule has 96 valence electrons. The Kier molecular flexibility index (Phi) is 4.15. The van der Waals surface area contributed by atoms with Crippen LogP contribution < -0.4 is 5.73 Å². The van der Waals surface area contributed by atoms with Gasteiger partial charge in [-0.2, -0.15) is 4.98 Å². The van der Waals surface area contributed by atoms with Crippen LogP contribution in [-0.2, 0) is 0 Å². The zero-order chi connectivity index (χ0) is 12.3. The van der Waals surface area contributed by atoms with Gasteiger partial charge in [-0.15, -0.1) is 0 Å². The maximum atomic E-state index is 5.98. The summed E-state index contributed by atoms with van der Waals surface area (Å²) in [6.45, 7) is 4.41. The Morgan fingerprint density at radius 1 is 1.47 bits per heavy atom. The van der Waals surface area contributed by atoms with E-state index >= 15 is 0 Å². The summed E-state index contributed by atoms with van der Waals surface area (Å²) in [6, 6.07) is -0.0951. The minimum atomic E-state index is -0.0951. The molecule has 0 amide bonds. The van der Waals surface area contributed by atoms with Crippen molar-refractivity contribution < 1.29 is 4.52 Å². The van der Waals surface area contributed by atoms with E-state index in [2.05, 4.69) is 24.0 Å². The van der Waals surface area contributed by atoms with Gasteiger partial charge in [0.1, 0.15) is 0 Å². The first-order chi connectivity index (χ1) is 8.20. The quantitative estimate of drug-likeness (QED) is 0.873. The van der Waals surface area contributed by atoms with Crippen LogP contribution in [0.5, 0.6) is 0 Å². The molecule has 0 aromatic carbocycles. The van der Waals surface area contributed by atoms with Crippen molar-refractivity contribution in [1.82, 2.24) is 10.1 Å². The molecule has 0 aliphatic heterocycles. The summed E-state index contributed by atoms with van der Waals surface area (Å²) in [5.74, 6) is 2.74. The first-order valence-corrected chi connectivity index (χ1v) is 6.79. The largest absolute Gasteiger partial charge is 0.338 e. The maximum absolute atomic E-state index is 5.98. The van der Waals surface area contributed by atoms with Gasteiger partial charge in [0, 0.05) is 5.92 Å². The molecule has 1 aromatic rings. The van der Waals surface area contributed by atoms with Gasteiger partial charge in [-0.05, 0) is 25.2 Å². The molecule has 1 aliphatic carbocycles. The second-order valence-corrected chi connectivity index (χ2v) is 5.35. The van der Waals surface area contributed by atoms with Crippen molar-refractivity contribution in [3.63, 3.8) is 0 Å². The van der Waals surface area contributed by atoms with Gasteiger partial charge >= 0.3 is 0 Å². The Morgan fingerprint density at radius 2 is 2.29 bits per heavy atom. The van der Waals surface area contributed by atoms with Crippen molar-refractivity contribution in [2.75, 3.05) is 0 Å². The van der Waals surface area contributed by atoms with E-state index in [1.54, 1.807) is 0 Å². The highest BCUT2D eigenvalue weighted by Gasteiger charge is 2.25. The van der Waals surface area contributed by atoms with E-state index in [1.807, 2.05) is 0 Å². The van der Waals surface area contributed by atoms with E-state index in [9.17, 15) is 0 Å². The number of aromatic nitrogens is 2. The fraction of sp³-hybridized carbons (Fsp3) is 0.846. The standard InChI is InChI=1S/C13H23N3O/c1-3-5-11(14)13-15-12(16-17-13)10-7-4-6-9(2)8-10/h9-11H,3-8,14H2,1-2H3/t9?,10?,11-/m1/s1. The highest BCUT2D eigenvalue weighted by molar-refractivity contribution is 4.99. The topological polar surface area (TPSA) is 64.9 Å². The number of nitrogens with two attached hydrogens (primary N) is 1. The monoisotopic (exact) mass is 237 g/mol. The Bertz CT molecular complexity index is 350. The van der Waals surface area contributed by atoms with Crippen LogP contribution in [0.25, 0.3) is 0 Å². The van der Waals surface area contributed by atoms with E-state index in [4.69, 9.17) is 10.3 Å². The molecule has 4 nitrogen and oxygen atoms in total. The normalized spacial score (nSPS) is 27.0. The second kappa shape index (κ2) is 5.63. The number of hydrogen-bond donors (Lipinski definition) is 1. The van der Waals surface area contributed by atoms with Crippen LogP contribution in [0.15, 0.2) is 4.52 Å². The predicted molar refractivity (Wildman–Crippen MR) is 66.5 cm³/mol.